The zero-order valence-electron chi connectivity index (χ0n) is 21.7. The third kappa shape index (κ3) is 5.22. The van der Waals surface area contributed by atoms with Crippen molar-refractivity contribution < 1.29 is 14.3 Å². The summed E-state index contributed by atoms with van der Waals surface area (Å²) in [6.07, 6.45) is 0.831. The van der Waals surface area contributed by atoms with E-state index in [2.05, 4.69) is 36.2 Å². The van der Waals surface area contributed by atoms with Gasteiger partial charge in [0.1, 0.15) is 0 Å². The number of carbonyl (C=O) groups is 2. The molecule has 1 aliphatic heterocycles. The first-order valence-corrected chi connectivity index (χ1v) is 13.2. The van der Waals surface area contributed by atoms with Crippen molar-refractivity contribution >= 4 is 29.0 Å². The average Bonchev–Trinajstić information content (AvgIpc) is 2.84. The summed E-state index contributed by atoms with van der Waals surface area (Å²) in [5.74, 6) is -0.726. The third-order valence-corrected chi connectivity index (χ3v) is 7.34. The largest absolute Gasteiger partial charge is 0.460 e. The van der Waals surface area contributed by atoms with Crippen molar-refractivity contribution in [3.05, 3.63) is 87.2 Å². The number of esters is 1. The van der Waals surface area contributed by atoms with Crippen LogP contribution in [-0.4, -0.2) is 30.9 Å². The van der Waals surface area contributed by atoms with Gasteiger partial charge in [0.15, 0.2) is 5.78 Å². The molecule has 2 aliphatic rings. The molecule has 1 aliphatic carbocycles. The van der Waals surface area contributed by atoms with Crippen LogP contribution in [0.2, 0.25) is 5.02 Å². The lowest BCUT2D eigenvalue weighted by Gasteiger charge is -2.37. The number of hydrogen-bond donors (Lipinski definition) is 1. The van der Waals surface area contributed by atoms with Crippen LogP contribution in [0.3, 0.4) is 0 Å². The van der Waals surface area contributed by atoms with Crippen LogP contribution in [0.1, 0.15) is 70.4 Å². The fourth-order valence-corrected chi connectivity index (χ4v) is 5.48. The lowest BCUT2D eigenvalue weighted by atomic mass is 9.71. The minimum absolute atomic E-state index is 0.0590. The Bertz CT molecular complexity index is 1190. The van der Waals surface area contributed by atoms with E-state index in [1.807, 2.05) is 57.2 Å². The Morgan fingerprint density at radius 3 is 2.22 bits per heavy atom. The van der Waals surface area contributed by atoms with Gasteiger partial charge >= 0.3 is 5.97 Å². The maximum absolute atomic E-state index is 13.7. The molecule has 5 nitrogen and oxygen atoms in total. The van der Waals surface area contributed by atoms with Crippen molar-refractivity contribution in [3.8, 4) is 0 Å². The second-order valence-corrected chi connectivity index (χ2v) is 10.2. The van der Waals surface area contributed by atoms with E-state index >= 15 is 0 Å². The number of nitrogens with zero attached hydrogens (tertiary/aromatic N) is 1. The van der Waals surface area contributed by atoms with E-state index in [1.165, 1.54) is 0 Å². The molecule has 0 aromatic heterocycles. The topological polar surface area (TPSA) is 58.6 Å². The molecule has 6 heteroatoms. The van der Waals surface area contributed by atoms with Crippen molar-refractivity contribution in [2.75, 3.05) is 18.0 Å². The summed E-state index contributed by atoms with van der Waals surface area (Å²) in [4.78, 5) is 29.3. The second kappa shape index (κ2) is 10.9. The van der Waals surface area contributed by atoms with Crippen LogP contribution in [-0.2, 0) is 14.3 Å². The number of ketones is 1. The predicted molar refractivity (Wildman–Crippen MR) is 145 cm³/mol. The number of Topliss-reactive ketones (excluding diaryl/α,β-unsaturated/α-hetero) is 1. The van der Waals surface area contributed by atoms with Gasteiger partial charge in [-0.2, -0.15) is 0 Å². The van der Waals surface area contributed by atoms with E-state index in [1.54, 1.807) is 0 Å². The fourth-order valence-electron chi connectivity index (χ4n) is 5.36. The first-order chi connectivity index (χ1) is 17.2. The highest BCUT2D eigenvalue weighted by Crippen LogP contribution is 2.46. The van der Waals surface area contributed by atoms with E-state index < -0.39 is 5.92 Å². The Hall–Kier alpha value is -3.05. The minimum Gasteiger partial charge on any atom is -0.460 e. The molecule has 0 spiro atoms. The van der Waals surface area contributed by atoms with Crippen LogP contribution in [0.15, 0.2) is 71.1 Å². The first-order valence-electron chi connectivity index (χ1n) is 12.8. The van der Waals surface area contributed by atoms with E-state index in [0.717, 1.165) is 41.3 Å². The SMILES string of the molecule is CCN(CC)c1ccc([C@@H]2C(C(=O)OC(C)C)=C(C)NC3=C2C(=O)C[C@@H](c2ccc(Cl)cc2)C3)cc1. The molecule has 2 aromatic rings. The number of benzene rings is 2. The van der Waals surface area contributed by atoms with Gasteiger partial charge in [0.25, 0.3) is 0 Å². The monoisotopic (exact) mass is 506 g/mol. The van der Waals surface area contributed by atoms with E-state index in [-0.39, 0.29) is 23.8 Å². The number of halogens is 1. The molecule has 2 atom stereocenters. The van der Waals surface area contributed by atoms with Gasteiger partial charge in [-0.3, -0.25) is 4.79 Å². The molecule has 0 saturated carbocycles. The summed E-state index contributed by atoms with van der Waals surface area (Å²) in [6, 6.07) is 16.0. The maximum Gasteiger partial charge on any atom is 0.337 e. The molecule has 36 heavy (non-hydrogen) atoms. The van der Waals surface area contributed by atoms with Crippen molar-refractivity contribution in [1.29, 1.82) is 0 Å². The molecule has 4 rings (SSSR count). The molecule has 190 valence electrons. The minimum atomic E-state index is -0.461. The Labute approximate surface area is 219 Å². The quantitative estimate of drug-likeness (QED) is 0.434. The number of nitrogens with one attached hydrogen (secondary N) is 1. The van der Waals surface area contributed by atoms with Crippen molar-refractivity contribution in [2.45, 2.75) is 65.4 Å². The van der Waals surface area contributed by atoms with Crippen LogP contribution >= 0.6 is 11.6 Å². The predicted octanol–water partition coefficient (Wildman–Crippen LogP) is 6.50. The molecule has 0 unspecified atom stereocenters. The highest BCUT2D eigenvalue weighted by Gasteiger charge is 2.41. The average molecular weight is 507 g/mol. The maximum atomic E-state index is 13.7. The van der Waals surface area contributed by atoms with E-state index in [0.29, 0.717) is 29.0 Å². The van der Waals surface area contributed by atoms with Crippen molar-refractivity contribution in [2.24, 2.45) is 0 Å². The highest BCUT2D eigenvalue weighted by molar-refractivity contribution is 6.30. The van der Waals surface area contributed by atoms with Gasteiger partial charge in [-0.25, -0.2) is 4.79 Å². The molecule has 0 saturated heterocycles. The summed E-state index contributed by atoms with van der Waals surface area (Å²) in [5.41, 5.74) is 5.95. The van der Waals surface area contributed by atoms with Crippen molar-refractivity contribution in [1.82, 2.24) is 5.32 Å². The van der Waals surface area contributed by atoms with Gasteiger partial charge < -0.3 is 15.0 Å². The van der Waals surface area contributed by atoms with Crippen LogP contribution in [0, 0.1) is 0 Å². The molecule has 1 N–H and O–H groups in total. The Morgan fingerprint density at radius 2 is 1.64 bits per heavy atom. The van der Waals surface area contributed by atoms with E-state index in [4.69, 9.17) is 16.3 Å². The van der Waals surface area contributed by atoms with Crippen molar-refractivity contribution in [3.63, 3.8) is 0 Å². The highest BCUT2D eigenvalue weighted by atomic mass is 35.5. The summed E-state index contributed by atoms with van der Waals surface area (Å²) in [5, 5.41) is 4.09. The van der Waals surface area contributed by atoms with Gasteiger partial charge in [-0.05, 0) is 82.3 Å². The Kier molecular flexibility index (Phi) is 7.89. The van der Waals surface area contributed by atoms with Gasteiger partial charge in [0.05, 0.1) is 11.7 Å². The fraction of sp³-hybridized carbons (Fsp3) is 0.400. The Balaban J connectivity index is 1.77. The summed E-state index contributed by atoms with van der Waals surface area (Å²) in [7, 11) is 0. The Morgan fingerprint density at radius 1 is 1.03 bits per heavy atom. The van der Waals surface area contributed by atoms with Gasteiger partial charge in [0, 0.05) is 53.1 Å². The molecule has 1 heterocycles. The summed E-state index contributed by atoms with van der Waals surface area (Å²) in [6.45, 7) is 11.7. The molecule has 0 radical (unpaired) electrons. The number of anilines is 1. The van der Waals surface area contributed by atoms with Crippen LogP contribution in [0.5, 0.6) is 0 Å². The number of rotatable bonds is 7. The normalized spacial score (nSPS) is 19.8. The smallest absolute Gasteiger partial charge is 0.337 e. The van der Waals surface area contributed by atoms with Crippen LogP contribution in [0.25, 0.3) is 0 Å². The van der Waals surface area contributed by atoms with Gasteiger partial charge in [-0.15, -0.1) is 0 Å². The number of ether oxygens (including phenoxy) is 1. The van der Waals surface area contributed by atoms with Gasteiger partial charge in [0.2, 0.25) is 0 Å². The molecular weight excluding hydrogens is 472 g/mol. The molecule has 2 aromatic carbocycles. The van der Waals surface area contributed by atoms with Gasteiger partial charge in [-0.1, -0.05) is 35.9 Å². The van der Waals surface area contributed by atoms with Crippen LogP contribution in [0.4, 0.5) is 5.69 Å². The molecular formula is C30H35ClN2O3. The number of dihydropyridines is 1. The zero-order chi connectivity index (χ0) is 26.0. The number of hydrogen-bond acceptors (Lipinski definition) is 5. The molecule has 0 fully saturated rings. The second-order valence-electron chi connectivity index (χ2n) is 9.79. The third-order valence-electron chi connectivity index (χ3n) is 7.09. The number of carbonyl (C=O) groups excluding carboxylic acids is 2. The lowest BCUT2D eigenvalue weighted by molar-refractivity contribution is -0.143. The zero-order valence-corrected chi connectivity index (χ0v) is 22.5. The number of allylic oxidation sites excluding steroid dienone is 3. The standard InChI is InChI=1S/C30H35ClN2O3/c1-6-33(7-2)24-14-10-21(11-15-24)28-27(30(35)36-18(3)4)19(5)32-25-16-22(17-26(34)29(25)28)20-8-12-23(31)13-9-20/h8-15,18,22,28,32H,6-7,16-17H2,1-5H3/t22-,28+/m0/s1. The molecule has 0 bridgehead atoms. The lowest BCUT2D eigenvalue weighted by Crippen LogP contribution is -2.36. The molecule has 0 amide bonds. The summed E-state index contributed by atoms with van der Waals surface area (Å²) < 4.78 is 5.63. The summed E-state index contributed by atoms with van der Waals surface area (Å²) >= 11 is 6.09. The van der Waals surface area contributed by atoms with E-state index in [9.17, 15) is 9.59 Å². The first kappa shape index (κ1) is 26.0. The van der Waals surface area contributed by atoms with Crippen LogP contribution < -0.4 is 10.2 Å².